The standard InChI is InChI=1S/C18H32O3/c1-3-5-6-7-8-9-10-11-12-13-14-17(15-16-19)18(20)21-4-2/h4,15,19H,2-3,5-14,16H2,1H3. The second-order valence-corrected chi connectivity index (χ2v) is 5.42. The van der Waals surface area contributed by atoms with Crippen molar-refractivity contribution in [3.05, 3.63) is 24.5 Å². The summed E-state index contributed by atoms with van der Waals surface area (Å²) in [4.78, 5) is 11.6. The van der Waals surface area contributed by atoms with Crippen molar-refractivity contribution in [3.8, 4) is 0 Å². The molecule has 0 aromatic heterocycles. The van der Waals surface area contributed by atoms with Gasteiger partial charge in [0, 0.05) is 5.57 Å². The van der Waals surface area contributed by atoms with Gasteiger partial charge in [-0.2, -0.15) is 0 Å². The first-order valence-electron chi connectivity index (χ1n) is 8.38. The van der Waals surface area contributed by atoms with Gasteiger partial charge in [0.1, 0.15) is 0 Å². The molecule has 1 N–H and O–H groups in total. The lowest BCUT2D eigenvalue weighted by Crippen LogP contribution is -2.05. The number of esters is 1. The van der Waals surface area contributed by atoms with Gasteiger partial charge in [-0.25, -0.2) is 4.79 Å². The summed E-state index contributed by atoms with van der Waals surface area (Å²) in [7, 11) is 0. The molecule has 0 saturated carbocycles. The molecule has 3 nitrogen and oxygen atoms in total. The van der Waals surface area contributed by atoms with Crippen molar-refractivity contribution in [1.82, 2.24) is 0 Å². The van der Waals surface area contributed by atoms with Crippen LogP contribution in [-0.2, 0) is 9.53 Å². The average Bonchev–Trinajstić information content (AvgIpc) is 2.48. The average molecular weight is 296 g/mol. The highest BCUT2D eigenvalue weighted by molar-refractivity contribution is 5.88. The monoisotopic (exact) mass is 296 g/mol. The number of aliphatic hydroxyl groups is 1. The molecule has 0 aliphatic heterocycles. The molecule has 0 bridgehead atoms. The van der Waals surface area contributed by atoms with E-state index in [1.54, 1.807) is 0 Å². The van der Waals surface area contributed by atoms with Gasteiger partial charge < -0.3 is 9.84 Å². The molecule has 122 valence electrons. The summed E-state index contributed by atoms with van der Waals surface area (Å²) < 4.78 is 4.74. The number of rotatable bonds is 14. The quantitative estimate of drug-likeness (QED) is 0.214. The highest BCUT2D eigenvalue weighted by Gasteiger charge is 2.08. The molecule has 0 aliphatic rings. The van der Waals surface area contributed by atoms with E-state index in [2.05, 4.69) is 13.5 Å². The Labute approximate surface area is 130 Å². The SMILES string of the molecule is C=COC(=O)C(=CCO)CCCCCCCCCCCC. The number of carbonyl (C=O) groups is 1. The van der Waals surface area contributed by atoms with Gasteiger partial charge >= 0.3 is 5.97 Å². The molecule has 0 amide bonds. The third kappa shape index (κ3) is 12.4. The van der Waals surface area contributed by atoms with E-state index in [0.717, 1.165) is 19.1 Å². The molecule has 0 aliphatic carbocycles. The van der Waals surface area contributed by atoms with Gasteiger partial charge in [-0.05, 0) is 18.9 Å². The van der Waals surface area contributed by atoms with Crippen molar-refractivity contribution in [2.75, 3.05) is 6.61 Å². The molecule has 0 saturated heterocycles. The van der Waals surface area contributed by atoms with Crippen LogP contribution in [0.1, 0.15) is 77.6 Å². The lowest BCUT2D eigenvalue weighted by atomic mass is 10.0. The van der Waals surface area contributed by atoms with Crippen molar-refractivity contribution < 1.29 is 14.6 Å². The maximum atomic E-state index is 11.6. The van der Waals surface area contributed by atoms with Crippen LogP contribution in [0.4, 0.5) is 0 Å². The van der Waals surface area contributed by atoms with Gasteiger partial charge in [0.2, 0.25) is 0 Å². The fourth-order valence-electron chi connectivity index (χ4n) is 2.35. The maximum Gasteiger partial charge on any atom is 0.338 e. The minimum atomic E-state index is -0.394. The Balaban J connectivity index is 3.57. The highest BCUT2D eigenvalue weighted by Crippen LogP contribution is 2.14. The third-order valence-electron chi connectivity index (χ3n) is 3.59. The van der Waals surface area contributed by atoms with Crippen LogP contribution in [0, 0.1) is 0 Å². The second kappa shape index (κ2) is 15.3. The number of hydrogen-bond donors (Lipinski definition) is 1. The van der Waals surface area contributed by atoms with Crippen LogP contribution in [0.25, 0.3) is 0 Å². The number of carbonyl (C=O) groups excluding carboxylic acids is 1. The van der Waals surface area contributed by atoms with Crippen LogP contribution in [0.3, 0.4) is 0 Å². The van der Waals surface area contributed by atoms with Crippen LogP contribution in [-0.4, -0.2) is 17.7 Å². The molecule has 0 radical (unpaired) electrons. The van der Waals surface area contributed by atoms with Crippen LogP contribution in [0.15, 0.2) is 24.5 Å². The fourth-order valence-corrected chi connectivity index (χ4v) is 2.35. The molecular weight excluding hydrogens is 264 g/mol. The molecule has 0 atom stereocenters. The van der Waals surface area contributed by atoms with E-state index in [1.165, 1.54) is 57.4 Å². The molecule has 0 heterocycles. The topological polar surface area (TPSA) is 46.5 Å². The predicted octanol–water partition coefficient (Wildman–Crippen LogP) is 4.90. The Hall–Kier alpha value is -1.09. The predicted molar refractivity (Wildman–Crippen MR) is 87.9 cm³/mol. The molecule has 0 rings (SSSR count). The zero-order valence-electron chi connectivity index (χ0n) is 13.6. The summed E-state index contributed by atoms with van der Waals surface area (Å²) in [5.41, 5.74) is 0.553. The van der Waals surface area contributed by atoms with Crippen molar-refractivity contribution in [2.45, 2.75) is 77.6 Å². The van der Waals surface area contributed by atoms with E-state index < -0.39 is 5.97 Å². The summed E-state index contributed by atoms with van der Waals surface area (Å²) in [6, 6.07) is 0. The van der Waals surface area contributed by atoms with Gasteiger partial charge in [-0.3, -0.25) is 0 Å². The number of hydrogen-bond acceptors (Lipinski definition) is 3. The molecule has 3 heteroatoms. The van der Waals surface area contributed by atoms with Crippen molar-refractivity contribution in [2.24, 2.45) is 0 Å². The Morgan fingerprint density at radius 1 is 1.00 bits per heavy atom. The normalized spacial score (nSPS) is 11.4. The van der Waals surface area contributed by atoms with Crippen LogP contribution in [0.5, 0.6) is 0 Å². The minimum Gasteiger partial charge on any atom is -0.432 e. The van der Waals surface area contributed by atoms with E-state index in [1.807, 2.05) is 0 Å². The van der Waals surface area contributed by atoms with Crippen LogP contribution >= 0.6 is 0 Å². The fraction of sp³-hybridized carbons (Fsp3) is 0.722. The Bertz CT molecular complexity index is 295. The first-order chi connectivity index (χ1) is 10.3. The zero-order valence-corrected chi connectivity index (χ0v) is 13.6. The van der Waals surface area contributed by atoms with Gasteiger partial charge in [-0.1, -0.05) is 71.3 Å². The summed E-state index contributed by atoms with van der Waals surface area (Å²) in [5.74, 6) is -0.394. The van der Waals surface area contributed by atoms with Crippen LogP contribution in [0.2, 0.25) is 0 Å². The van der Waals surface area contributed by atoms with Crippen LogP contribution < -0.4 is 0 Å². The smallest absolute Gasteiger partial charge is 0.338 e. The number of ether oxygens (including phenoxy) is 1. The molecule has 0 spiro atoms. The highest BCUT2D eigenvalue weighted by atomic mass is 16.5. The molecule has 0 aromatic rings. The Morgan fingerprint density at radius 2 is 1.52 bits per heavy atom. The van der Waals surface area contributed by atoms with Gasteiger partial charge in [-0.15, -0.1) is 0 Å². The minimum absolute atomic E-state index is 0.126. The number of aliphatic hydroxyl groups excluding tert-OH is 1. The van der Waals surface area contributed by atoms with E-state index in [0.29, 0.717) is 12.0 Å². The largest absolute Gasteiger partial charge is 0.432 e. The Morgan fingerprint density at radius 3 is 2.00 bits per heavy atom. The third-order valence-corrected chi connectivity index (χ3v) is 3.59. The summed E-state index contributed by atoms with van der Waals surface area (Å²) in [6.45, 7) is 5.48. The Kier molecular flexibility index (Phi) is 14.5. The van der Waals surface area contributed by atoms with Gasteiger partial charge in [0.15, 0.2) is 0 Å². The molecule has 0 fully saturated rings. The van der Waals surface area contributed by atoms with E-state index >= 15 is 0 Å². The van der Waals surface area contributed by atoms with Gasteiger partial charge in [0.05, 0.1) is 12.9 Å². The van der Waals surface area contributed by atoms with Crippen molar-refractivity contribution in [1.29, 1.82) is 0 Å². The zero-order chi connectivity index (χ0) is 15.8. The summed E-state index contributed by atoms with van der Waals surface area (Å²) in [5, 5.41) is 8.91. The second-order valence-electron chi connectivity index (χ2n) is 5.42. The summed E-state index contributed by atoms with van der Waals surface area (Å²) >= 11 is 0. The lowest BCUT2D eigenvalue weighted by molar-refractivity contribution is -0.133. The molecule has 0 aromatic carbocycles. The lowest BCUT2D eigenvalue weighted by Gasteiger charge is -2.05. The number of unbranched alkanes of at least 4 members (excludes halogenated alkanes) is 9. The summed E-state index contributed by atoms with van der Waals surface area (Å²) in [6.07, 6.45) is 16.0. The van der Waals surface area contributed by atoms with Gasteiger partial charge in [0.25, 0.3) is 0 Å². The molecular formula is C18H32O3. The first kappa shape index (κ1) is 19.9. The maximum absolute atomic E-state index is 11.6. The van der Waals surface area contributed by atoms with Crippen molar-refractivity contribution >= 4 is 5.97 Å². The molecule has 0 unspecified atom stereocenters. The van der Waals surface area contributed by atoms with E-state index in [9.17, 15) is 4.79 Å². The first-order valence-corrected chi connectivity index (χ1v) is 8.38. The van der Waals surface area contributed by atoms with E-state index in [4.69, 9.17) is 9.84 Å². The van der Waals surface area contributed by atoms with Crippen molar-refractivity contribution in [3.63, 3.8) is 0 Å². The molecule has 21 heavy (non-hydrogen) atoms. The van der Waals surface area contributed by atoms with E-state index in [-0.39, 0.29) is 6.61 Å².